The van der Waals surface area contributed by atoms with Gasteiger partial charge in [-0.15, -0.1) is 0 Å². The third kappa shape index (κ3) is 3.47. The van der Waals surface area contributed by atoms with Crippen molar-refractivity contribution in [3.63, 3.8) is 0 Å². The minimum absolute atomic E-state index is 0.173. The maximum Gasteiger partial charge on any atom is 0.0653 e. The van der Waals surface area contributed by atoms with E-state index in [1.807, 2.05) is 0 Å². The quantitative estimate of drug-likeness (QED) is 0.728. The summed E-state index contributed by atoms with van der Waals surface area (Å²) >= 11 is 0. The van der Waals surface area contributed by atoms with Crippen LogP contribution in [-0.4, -0.2) is 50.0 Å². The molecule has 4 nitrogen and oxygen atoms in total. The number of nitrogens with zero attached hydrogens (tertiary/aromatic N) is 3. The van der Waals surface area contributed by atoms with Gasteiger partial charge in [-0.1, -0.05) is 33.8 Å². The number of anilines is 1. The van der Waals surface area contributed by atoms with E-state index in [1.165, 1.54) is 22.7 Å². The summed E-state index contributed by atoms with van der Waals surface area (Å²) in [6, 6.07) is 7.25. The van der Waals surface area contributed by atoms with E-state index in [2.05, 4.69) is 75.7 Å². The maximum absolute atomic E-state index is 5.54. The predicted molar refractivity (Wildman–Crippen MR) is 118 cm³/mol. The van der Waals surface area contributed by atoms with E-state index in [0.717, 1.165) is 44.8 Å². The van der Waals surface area contributed by atoms with Crippen molar-refractivity contribution in [2.45, 2.75) is 58.9 Å². The summed E-state index contributed by atoms with van der Waals surface area (Å²) in [5, 5.41) is 0. The standard InChI is InChI=1S/C24H35N3O/c1-17-24(4,5)21-8-7-18(14-22(21)26(17)6)25-19-13-20(16-23(2,3)15-19)27-9-11-28-12-10-27/h7-8,13-14,17H,9-12,15-16H2,1-6H3/t17-/m1/s1. The Morgan fingerprint density at radius 1 is 1.07 bits per heavy atom. The minimum atomic E-state index is 0.173. The Bertz CT molecular complexity index is 815. The van der Waals surface area contributed by atoms with Crippen molar-refractivity contribution in [1.29, 1.82) is 0 Å². The van der Waals surface area contributed by atoms with Crippen molar-refractivity contribution in [1.82, 2.24) is 4.90 Å². The van der Waals surface area contributed by atoms with E-state index in [-0.39, 0.29) is 10.8 Å². The molecule has 152 valence electrons. The Balaban J connectivity index is 1.66. The van der Waals surface area contributed by atoms with Crippen LogP contribution < -0.4 is 4.90 Å². The third-order valence-corrected chi connectivity index (χ3v) is 7.02. The lowest BCUT2D eigenvalue weighted by molar-refractivity contribution is 0.0491. The summed E-state index contributed by atoms with van der Waals surface area (Å²) < 4.78 is 5.54. The Morgan fingerprint density at radius 3 is 2.50 bits per heavy atom. The number of benzene rings is 1. The van der Waals surface area contributed by atoms with Crippen LogP contribution in [0.1, 0.15) is 53.0 Å². The lowest BCUT2D eigenvalue weighted by atomic mass is 9.78. The van der Waals surface area contributed by atoms with Crippen LogP contribution in [0.25, 0.3) is 0 Å². The average molecular weight is 382 g/mol. The summed E-state index contributed by atoms with van der Waals surface area (Å²) in [4.78, 5) is 9.99. The summed E-state index contributed by atoms with van der Waals surface area (Å²) in [7, 11) is 2.20. The van der Waals surface area contributed by atoms with Gasteiger partial charge < -0.3 is 14.5 Å². The zero-order valence-electron chi connectivity index (χ0n) is 18.4. The van der Waals surface area contributed by atoms with Crippen molar-refractivity contribution in [2.24, 2.45) is 10.4 Å². The first-order valence-electron chi connectivity index (χ1n) is 10.7. The second-order valence-electron chi connectivity index (χ2n) is 10.1. The minimum Gasteiger partial charge on any atom is -0.378 e. The molecule has 1 atom stereocenters. The van der Waals surface area contributed by atoms with Crippen molar-refractivity contribution < 1.29 is 4.74 Å². The fourth-order valence-electron chi connectivity index (χ4n) is 4.97. The molecule has 28 heavy (non-hydrogen) atoms. The molecular formula is C24H35N3O. The van der Waals surface area contributed by atoms with Gasteiger partial charge in [-0.3, -0.25) is 4.99 Å². The number of morpholine rings is 1. The second-order valence-corrected chi connectivity index (χ2v) is 10.1. The van der Waals surface area contributed by atoms with Crippen LogP contribution in [0.5, 0.6) is 0 Å². The molecule has 1 saturated heterocycles. The number of hydrogen-bond donors (Lipinski definition) is 0. The molecule has 0 N–H and O–H groups in total. The first-order valence-corrected chi connectivity index (χ1v) is 10.7. The van der Waals surface area contributed by atoms with Crippen LogP contribution in [0, 0.1) is 5.41 Å². The van der Waals surface area contributed by atoms with Gasteiger partial charge in [0.15, 0.2) is 0 Å². The Hall–Kier alpha value is -1.81. The van der Waals surface area contributed by atoms with Crippen LogP contribution in [0.15, 0.2) is 35.0 Å². The van der Waals surface area contributed by atoms with E-state index < -0.39 is 0 Å². The average Bonchev–Trinajstić information content (AvgIpc) is 2.81. The van der Waals surface area contributed by atoms with E-state index in [0.29, 0.717) is 6.04 Å². The molecule has 1 fully saturated rings. The molecule has 0 bridgehead atoms. The summed E-state index contributed by atoms with van der Waals surface area (Å²) in [6.45, 7) is 15.3. The highest BCUT2D eigenvalue weighted by Gasteiger charge is 2.40. The maximum atomic E-state index is 5.54. The second kappa shape index (κ2) is 6.91. The molecule has 1 aliphatic carbocycles. The molecule has 0 radical (unpaired) electrons. The highest BCUT2D eigenvalue weighted by Crippen LogP contribution is 2.45. The van der Waals surface area contributed by atoms with Gasteiger partial charge in [-0.25, -0.2) is 0 Å². The van der Waals surface area contributed by atoms with Gasteiger partial charge in [0.05, 0.1) is 18.9 Å². The highest BCUT2D eigenvalue weighted by molar-refractivity contribution is 5.98. The molecule has 0 spiro atoms. The van der Waals surface area contributed by atoms with Gasteiger partial charge >= 0.3 is 0 Å². The number of fused-ring (bicyclic) bond motifs is 1. The SMILES string of the molecule is C[C@H]1N(C)c2cc(N=C3C=C(N4CCOCC4)CC(C)(C)C3)ccc2C1(C)C. The monoisotopic (exact) mass is 381 g/mol. The van der Waals surface area contributed by atoms with E-state index in [9.17, 15) is 0 Å². The molecule has 0 saturated carbocycles. The van der Waals surface area contributed by atoms with Gasteiger partial charge in [0.2, 0.25) is 0 Å². The number of ether oxygens (including phenoxy) is 1. The van der Waals surface area contributed by atoms with Crippen molar-refractivity contribution in [3.05, 3.63) is 35.5 Å². The number of aliphatic imine (C=N–C) groups is 1. The molecule has 0 amide bonds. The van der Waals surface area contributed by atoms with Crippen LogP contribution >= 0.6 is 0 Å². The van der Waals surface area contributed by atoms with Crippen LogP contribution in [-0.2, 0) is 10.2 Å². The largest absolute Gasteiger partial charge is 0.378 e. The number of hydrogen-bond acceptors (Lipinski definition) is 4. The molecule has 4 rings (SSSR count). The topological polar surface area (TPSA) is 28.1 Å². The molecule has 4 heteroatoms. The van der Waals surface area contributed by atoms with Gasteiger partial charge in [-0.2, -0.15) is 0 Å². The fraction of sp³-hybridized carbons (Fsp3) is 0.625. The molecule has 0 unspecified atom stereocenters. The fourth-order valence-corrected chi connectivity index (χ4v) is 4.97. The molecule has 2 heterocycles. The summed E-state index contributed by atoms with van der Waals surface area (Å²) in [5.41, 5.74) is 6.86. The number of allylic oxidation sites excluding steroid dienone is 2. The number of likely N-dealkylation sites (N-methyl/N-ethyl adjacent to an activating group) is 1. The van der Waals surface area contributed by atoms with Crippen LogP contribution in [0.3, 0.4) is 0 Å². The predicted octanol–water partition coefficient (Wildman–Crippen LogP) is 4.91. The Kier molecular flexibility index (Phi) is 4.81. The van der Waals surface area contributed by atoms with E-state index >= 15 is 0 Å². The highest BCUT2D eigenvalue weighted by atomic mass is 16.5. The number of rotatable bonds is 2. The molecule has 2 aliphatic heterocycles. The van der Waals surface area contributed by atoms with Gasteiger partial charge in [-0.05, 0) is 49.0 Å². The first kappa shape index (κ1) is 19.5. The lowest BCUT2D eigenvalue weighted by Gasteiger charge is -2.38. The van der Waals surface area contributed by atoms with Crippen molar-refractivity contribution >= 4 is 17.1 Å². The zero-order chi connectivity index (χ0) is 20.1. The Labute approximate surface area is 170 Å². The van der Waals surface area contributed by atoms with Crippen molar-refractivity contribution in [2.75, 3.05) is 38.3 Å². The smallest absolute Gasteiger partial charge is 0.0653 e. The van der Waals surface area contributed by atoms with E-state index in [1.54, 1.807) is 0 Å². The van der Waals surface area contributed by atoms with Gasteiger partial charge in [0.1, 0.15) is 0 Å². The molecule has 3 aliphatic rings. The van der Waals surface area contributed by atoms with Crippen LogP contribution in [0.2, 0.25) is 0 Å². The van der Waals surface area contributed by atoms with E-state index in [4.69, 9.17) is 9.73 Å². The van der Waals surface area contributed by atoms with Crippen molar-refractivity contribution in [3.8, 4) is 0 Å². The van der Waals surface area contributed by atoms with Gasteiger partial charge in [0, 0.05) is 48.7 Å². The first-order chi connectivity index (χ1) is 13.2. The van der Waals surface area contributed by atoms with Crippen LogP contribution in [0.4, 0.5) is 11.4 Å². The van der Waals surface area contributed by atoms with Gasteiger partial charge in [0.25, 0.3) is 0 Å². The molecule has 1 aromatic rings. The molecule has 0 aromatic heterocycles. The normalized spacial score (nSPS) is 27.7. The summed E-state index contributed by atoms with van der Waals surface area (Å²) in [6.07, 6.45) is 4.47. The zero-order valence-corrected chi connectivity index (χ0v) is 18.4. The third-order valence-electron chi connectivity index (χ3n) is 7.02. The molecule has 1 aromatic carbocycles. The lowest BCUT2D eigenvalue weighted by Crippen LogP contribution is -2.39. The molecular weight excluding hydrogens is 346 g/mol. The summed E-state index contributed by atoms with van der Waals surface area (Å²) in [5.74, 6) is 0. The Morgan fingerprint density at radius 2 is 1.79 bits per heavy atom.